The Kier molecular flexibility index (Phi) is 3.71. The van der Waals surface area contributed by atoms with Crippen LogP contribution in [0.5, 0.6) is 0 Å². The van der Waals surface area contributed by atoms with Gasteiger partial charge in [-0.3, -0.25) is 4.79 Å². The topological polar surface area (TPSA) is 29.1 Å². The lowest BCUT2D eigenvalue weighted by Crippen LogP contribution is -2.32. The monoisotopic (exact) mass is 297 g/mol. The van der Waals surface area contributed by atoms with Gasteiger partial charge in [-0.15, -0.1) is 0 Å². The quantitative estimate of drug-likeness (QED) is 0.858. The van der Waals surface area contributed by atoms with E-state index in [2.05, 4.69) is 36.5 Å². The molecule has 3 aliphatic carbocycles. The minimum Gasteiger partial charge on any atom is -0.349 e. The fourth-order valence-corrected chi connectivity index (χ4v) is 4.77. The summed E-state index contributed by atoms with van der Waals surface area (Å²) in [6.07, 6.45) is 8.75. The van der Waals surface area contributed by atoms with Crippen molar-refractivity contribution in [2.45, 2.75) is 57.9 Å². The summed E-state index contributed by atoms with van der Waals surface area (Å²) in [4.78, 5) is 12.5. The normalized spacial score (nSPS) is 31.2. The van der Waals surface area contributed by atoms with Crippen molar-refractivity contribution in [3.05, 3.63) is 35.4 Å². The van der Waals surface area contributed by atoms with Gasteiger partial charge in [0, 0.05) is 6.42 Å². The summed E-state index contributed by atoms with van der Waals surface area (Å²) >= 11 is 0. The Morgan fingerprint density at radius 1 is 1.14 bits per heavy atom. The van der Waals surface area contributed by atoms with E-state index in [0.29, 0.717) is 11.8 Å². The first kappa shape index (κ1) is 14.3. The molecule has 4 rings (SSSR count). The molecular formula is C20H27NO. The SMILES string of the molecule is Cc1ccc([C@@H](NC(=O)C[C@@H]2C[C@H]3CC[C@H]2C3)C2CC2)cc1. The van der Waals surface area contributed by atoms with Gasteiger partial charge in [0.2, 0.25) is 5.91 Å². The first-order valence-corrected chi connectivity index (χ1v) is 9.05. The molecule has 1 N–H and O–H groups in total. The van der Waals surface area contributed by atoms with E-state index < -0.39 is 0 Å². The molecule has 0 radical (unpaired) electrons. The van der Waals surface area contributed by atoms with E-state index in [0.717, 1.165) is 18.3 Å². The summed E-state index contributed by atoms with van der Waals surface area (Å²) < 4.78 is 0. The number of benzene rings is 1. The molecule has 3 saturated carbocycles. The third kappa shape index (κ3) is 2.93. The fourth-order valence-electron chi connectivity index (χ4n) is 4.77. The molecule has 2 heteroatoms. The Hall–Kier alpha value is -1.31. The van der Waals surface area contributed by atoms with Gasteiger partial charge in [0.15, 0.2) is 0 Å². The third-order valence-electron chi connectivity index (χ3n) is 6.18. The first-order chi connectivity index (χ1) is 10.7. The van der Waals surface area contributed by atoms with Crippen LogP contribution in [0.4, 0.5) is 0 Å². The predicted molar refractivity (Wildman–Crippen MR) is 88.3 cm³/mol. The highest BCUT2D eigenvalue weighted by Crippen LogP contribution is 2.49. The highest BCUT2D eigenvalue weighted by atomic mass is 16.1. The molecule has 0 aliphatic heterocycles. The van der Waals surface area contributed by atoms with E-state index >= 15 is 0 Å². The van der Waals surface area contributed by atoms with Crippen molar-refractivity contribution in [2.75, 3.05) is 0 Å². The molecule has 3 aliphatic rings. The summed E-state index contributed by atoms with van der Waals surface area (Å²) in [5.74, 6) is 3.38. The molecule has 0 saturated heterocycles. The number of carbonyl (C=O) groups excluding carboxylic acids is 1. The Bertz CT molecular complexity index is 545. The summed E-state index contributed by atoms with van der Waals surface area (Å²) in [6.45, 7) is 2.11. The fraction of sp³-hybridized carbons (Fsp3) is 0.650. The van der Waals surface area contributed by atoms with Crippen LogP contribution in [-0.4, -0.2) is 5.91 Å². The van der Waals surface area contributed by atoms with Crippen LogP contribution in [0.2, 0.25) is 0 Å². The van der Waals surface area contributed by atoms with Gasteiger partial charge in [0.1, 0.15) is 0 Å². The van der Waals surface area contributed by atoms with Crippen LogP contribution in [0.1, 0.15) is 62.1 Å². The summed E-state index contributed by atoms with van der Waals surface area (Å²) in [5.41, 5.74) is 2.57. The number of carbonyl (C=O) groups is 1. The summed E-state index contributed by atoms with van der Waals surface area (Å²) in [7, 11) is 0. The van der Waals surface area contributed by atoms with Crippen molar-refractivity contribution < 1.29 is 4.79 Å². The number of amides is 1. The average Bonchev–Trinajstić information content (AvgIpc) is 3.14. The van der Waals surface area contributed by atoms with Crippen molar-refractivity contribution in [3.8, 4) is 0 Å². The van der Waals surface area contributed by atoms with Gasteiger partial charge < -0.3 is 5.32 Å². The smallest absolute Gasteiger partial charge is 0.220 e. The molecule has 2 nitrogen and oxygen atoms in total. The Labute approximate surface area is 133 Å². The molecule has 1 aromatic rings. The van der Waals surface area contributed by atoms with Gasteiger partial charge in [-0.1, -0.05) is 36.2 Å². The van der Waals surface area contributed by atoms with Crippen LogP contribution < -0.4 is 5.32 Å². The Morgan fingerprint density at radius 3 is 2.50 bits per heavy atom. The maximum Gasteiger partial charge on any atom is 0.220 e. The molecule has 0 spiro atoms. The van der Waals surface area contributed by atoms with E-state index in [1.807, 2.05) is 0 Å². The molecule has 22 heavy (non-hydrogen) atoms. The van der Waals surface area contributed by atoms with Crippen LogP contribution in [0, 0.1) is 30.6 Å². The number of hydrogen-bond acceptors (Lipinski definition) is 1. The largest absolute Gasteiger partial charge is 0.349 e. The maximum atomic E-state index is 12.5. The lowest BCUT2D eigenvalue weighted by molar-refractivity contribution is -0.123. The van der Waals surface area contributed by atoms with Crippen molar-refractivity contribution in [2.24, 2.45) is 23.7 Å². The standard InChI is InChI=1S/C20H27NO/c1-13-2-5-15(6-3-13)20(16-8-9-16)21-19(22)12-18-11-14-4-7-17(18)10-14/h2-3,5-6,14,16-18,20H,4,7-12H2,1H3,(H,21,22)/t14-,17-,18-,20+/m0/s1. The number of aryl methyl sites for hydroxylation is 1. The van der Waals surface area contributed by atoms with Crippen molar-refractivity contribution in [3.63, 3.8) is 0 Å². The van der Waals surface area contributed by atoms with Crippen molar-refractivity contribution >= 4 is 5.91 Å². The number of rotatable bonds is 5. The van der Waals surface area contributed by atoms with E-state index in [1.165, 1.54) is 49.7 Å². The molecule has 1 amide bonds. The van der Waals surface area contributed by atoms with Crippen LogP contribution in [0.25, 0.3) is 0 Å². The van der Waals surface area contributed by atoms with Gasteiger partial charge in [-0.25, -0.2) is 0 Å². The number of hydrogen-bond donors (Lipinski definition) is 1. The maximum absolute atomic E-state index is 12.5. The predicted octanol–water partition coefficient (Wildman–Crippen LogP) is 4.39. The second kappa shape index (κ2) is 5.72. The number of nitrogens with one attached hydrogen (secondary N) is 1. The van der Waals surface area contributed by atoms with Gasteiger partial charge in [-0.2, -0.15) is 0 Å². The Balaban J connectivity index is 1.39. The van der Waals surface area contributed by atoms with Gasteiger partial charge >= 0.3 is 0 Å². The minimum absolute atomic E-state index is 0.242. The average molecular weight is 297 g/mol. The summed E-state index contributed by atoms with van der Waals surface area (Å²) in [6, 6.07) is 8.94. The Morgan fingerprint density at radius 2 is 1.91 bits per heavy atom. The molecule has 4 atom stereocenters. The van der Waals surface area contributed by atoms with E-state index in [9.17, 15) is 4.79 Å². The highest BCUT2D eigenvalue weighted by Gasteiger charge is 2.41. The second-order valence-corrected chi connectivity index (χ2v) is 7.93. The zero-order valence-electron chi connectivity index (χ0n) is 13.6. The highest BCUT2D eigenvalue weighted by molar-refractivity contribution is 5.77. The van der Waals surface area contributed by atoms with Gasteiger partial charge in [-0.05, 0) is 68.3 Å². The molecule has 118 valence electrons. The van der Waals surface area contributed by atoms with Gasteiger partial charge in [0.05, 0.1) is 6.04 Å². The van der Waals surface area contributed by atoms with E-state index in [1.54, 1.807) is 0 Å². The minimum atomic E-state index is 0.242. The van der Waals surface area contributed by atoms with E-state index in [-0.39, 0.29) is 11.9 Å². The molecule has 3 fully saturated rings. The van der Waals surface area contributed by atoms with E-state index in [4.69, 9.17) is 0 Å². The first-order valence-electron chi connectivity index (χ1n) is 9.05. The lowest BCUT2D eigenvalue weighted by Gasteiger charge is -2.24. The zero-order chi connectivity index (χ0) is 15.1. The van der Waals surface area contributed by atoms with Crippen LogP contribution in [0.3, 0.4) is 0 Å². The molecule has 2 bridgehead atoms. The zero-order valence-corrected chi connectivity index (χ0v) is 13.6. The van der Waals surface area contributed by atoms with Gasteiger partial charge in [0.25, 0.3) is 0 Å². The van der Waals surface area contributed by atoms with Crippen LogP contribution in [0.15, 0.2) is 24.3 Å². The molecule has 0 unspecified atom stereocenters. The molecule has 0 aromatic heterocycles. The molecular weight excluding hydrogens is 270 g/mol. The van der Waals surface area contributed by atoms with Crippen molar-refractivity contribution in [1.29, 1.82) is 0 Å². The molecule has 0 heterocycles. The third-order valence-corrected chi connectivity index (χ3v) is 6.18. The molecule has 1 aromatic carbocycles. The number of fused-ring (bicyclic) bond motifs is 2. The van der Waals surface area contributed by atoms with Crippen LogP contribution in [-0.2, 0) is 4.79 Å². The summed E-state index contributed by atoms with van der Waals surface area (Å²) in [5, 5.41) is 3.36. The van der Waals surface area contributed by atoms with Crippen LogP contribution >= 0.6 is 0 Å². The van der Waals surface area contributed by atoms with Crippen molar-refractivity contribution in [1.82, 2.24) is 5.32 Å². The lowest BCUT2D eigenvalue weighted by atomic mass is 9.86. The second-order valence-electron chi connectivity index (χ2n) is 7.93.